The van der Waals surface area contributed by atoms with E-state index in [0.717, 1.165) is 5.56 Å². The molecular formula is C13H15N3O3. The predicted molar refractivity (Wildman–Crippen MR) is 69.6 cm³/mol. The van der Waals surface area contributed by atoms with E-state index in [1.807, 2.05) is 6.07 Å². The van der Waals surface area contributed by atoms with Gasteiger partial charge in [0.05, 0.1) is 16.4 Å². The summed E-state index contributed by atoms with van der Waals surface area (Å²) in [5, 5.41) is 22.3. The van der Waals surface area contributed by atoms with Crippen molar-refractivity contribution in [3.8, 4) is 6.07 Å². The first-order chi connectivity index (χ1) is 8.76. The number of carbonyl (C=O) groups is 1. The number of nitro groups is 1. The van der Waals surface area contributed by atoms with Crippen LogP contribution < -0.4 is 5.32 Å². The highest BCUT2D eigenvalue weighted by Crippen LogP contribution is 2.20. The molecule has 6 heteroatoms. The number of nitrogens with zero attached hydrogens (tertiary/aromatic N) is 2. The lowest BCUT2D eigenvalue weighted by Crippen LogP contribution is -2.33. The summed E-state index contributed by atoms with van der Waals surface area (Å²) in [5.41, 5.74) is -0.180. The molecule has 0 fully saturated rings. The number of hydrogen-bond acceptors (Lipinski definition) is 4. The van der Waals surface area contributed by atoms with Crippen LogP contribution in [-0.4, -0.2) is 17.4 Å². The molecule has 1 amide bonds. The van der Waals surface area contributed by atoms with Crippen LogP contribution in [0.25, 0.3) is 0 Å². The molecule has 100 valence electrons. The maximum atomic E-state index is 12.0. The second-order valence-corrected chi connectivity index (χ2v) is 4.96. The fourth-order valence-electron chi connectivity index (χ4n) is 1.43. The Bertz CT molecular complexity index is 559. The van der Waals surface area contributed by atoms with Crippen molar-refractivity contribution in [2.75, 3.05) is 6.54 Å². The predicted octanol–water partition coefficient (Wildman–Crippen LogP) is 2.18. The van der Waals surface area contributed by atoms with Gasteiger partial charge in [0.25, 0.3) is 11.6 Å². The maximum absolute atomic E-state index is 12.0. The summed E-state index contributed by atoms with van der Waals surface area (Å²) in [7, 11) is 0. The Kier molecular flexibility index (Phi) is 4.22. The first-order valence-electron chi connectivity index (χ1n) is 5.71. The van der Waals surface area contributed by atoms with Crippen molar-refractivity contribution in [1.82, 2.24) is 5.32 Å². The largest absolute Gasteiger partial charge is 0.350 e. The monoisotopic (exact) mass is 261 g/mol. The van der Waals surface area contributed by atoms with E-state index in [4.69, 9.17) is 5.26 Å². The molecule has 0 heterocycles. The van der Waals surface area contributed by atoms with Crippen LogP contribution in [0.1, 0.15) is 29.8 Å². The van der Waals surface area contributed by atoms with Gasteiger partial charge in [0.15, 0.2) is 0 Å². The van der Waals surface area contributed by atoms with E-state index in [1.54, 1.807) is 26.8 Å². The molecule has 1 rings (SSSR count). The summed E-state index contributed by atoms with van der Waals surface area (Å²) in [6.45, 7) is 5.24. The minimum atomic E-state index is -0.714. The lowest BCUT2D eigenvalue weighted by Gasteiger charge is -2.15. The minimum Gasteiger partial charge on any atom is -0.350 e. The van der Waals surface area contributed by atoms with E-state index in [-0.39, 0.29) is 17.8 Å². The summed E-state index contributed by atoms with van der Waals surface area (Å²) in [6.07, 6.45) is 0. The Morgan fingerprint density at radius 2 is 2.16 bits per heavy atom. The number of benzene rings is 1. The molecule has 0 aliphatic carbocycles. The molecule has 0 aromatic heterocycles. The third-order valence-electron chi connectivity index (χ3n) is 2.59. The van der Waals surface area contributed by atoms with Crippen molar-refractivity contribution in [3.05, 3.63) is 39.4 Å². The number of carbonyl (C=O) groups excluding carboxylic acids is 1. The van der Waals surface area contributed by atoms with Gasteiger partial charge in [-0.2, -0.15) is 5.26 Å². The SMILES string of the molecule is Cc1ccc([N+](=O)[O-])c(C(=O)NCC(C)(C)C#N)c1. The fourth-order valence-corrected chi connectivity index (χ4v) is 1.43. The van der Waals surface area contributed by atoms with Gasteiger partial charge in [-0.25, -0.2) is 0 Å². The number of nitriles is 1. The van der Waals surface area contributed by atoms with Crippen LogP contribution in [0.5, 0.6) is 0 Å². The molecule has 0 aliphatic heterocycles. The molecule has 19 heavy (non-hydrogen) atoms. The zero-order chi connectivity index (χ0) is 14.6. The van der Waals surface area contributed by atoms with E-state index in [9.17, 15) is 14.9 Å². The Labute approximate surface area is 111 Å². The molecule has 0 atom stereocenters. The number of rotatable bonds is 4. The van der Waals surface area contributed by atoms with E-state index in [1.165, 1.54) is 12.1 Å². The molecule has 1 aromatic carbocycles. The summed E-state index contributed by atoms with van der Waals surface area (Å²) in [4.78, 5) is 22.2. The van der Waals surface area contributed by atoms with Crippen LogP contribution >= 0.6 is 0 Å². The molecular weight excluding hydrogens is 246 g/mol. The summed E-state index contributed by atoms with van der Waals surface area (Å²) < 4.78 is 0. The third kappa shape index (κ3) is 3.78. The fraction of sp³-hybridized carbons (Fsp3) is 0.385. The summed E-state index contributed by atoms with van der Waals surface area (Å²) in [5.74, 6) is -0.543. The van der Waals surface area contributed by atoms with Crippen molar-refractivity contribution in [2.24, 2.45) is 5.41 Å². The average molecular weight is 261 g/mol. The highest BCUT2D eigenvalue weighted by atomic mass is 16.6. The van der Waals surface area contributed by atoms with Gasteiger partial charge in [-0.15, -0.1) is 0 Å². The van der Waals surface area contributed by atoms with Crippen LogP contribution in [0.3, 0.4) is 0 Å². The molecule has 0 radical (unpaired) electrons. The molecule has 0 saturated heterocycles. The molecule has 1 aromatic rings. The second kappa shape index (κ2) is 5.48. The van der Waals surface area contributed by atoms with Crippen molar-refractivity contribution in [2.45, 2.75) is 20.8 Å². The lowest BCUT2D eigenvalue weighted by atomic mass is 9.96. The van der Waals surface area contributed by atoms with Crippen LogP contribution in [0.4, 0.5) is 5.69 Å². The highest BCUT2D eigenvalue weighted by Gasteiger charge is 2.23. The molecule has 0 spiro atoms. The summed E-state index contributed by atoms with van der Waals surface area (Å²) in [6, 6.07) is 6.40. The maximum Gasteiger partial charge on any atom is 0.282 e. The quantitative estimate of drug-likeness (QED) is 0.663. The molecule has 0 unspecified atom stereocenters. The van der Waals surface area contributed by atoms with E-state index < -0.39 is 16.2 Å². The second-order valence-electron chi connectivity index (χ2n) is 4.96. The Morgan fingerprint density at radius 1 is 1.53 bits per heavy atom. The van der Waals surface area contributed by atoms with Crippen molar-refractivity contribution < 1.29 is 9.72 Å². The van der Waals surface area contributed by atoms with Crippen molar-refractivity contribution in [1.29, 1.82) is 5.26 Å². The number of aryl methyl sites for hydroxylation is 1. The lowest BCUT2D eigenvalue weighted by molar-refractivity contribution is -0.385. The van der Waals surface area contributed by atoms with Gasteiger partial charge in [-0.3, -0.25) is 14.9 Å². The number of nitro benzene ring substituents is 1. The third-order valence-corrected chi connectivity index (χ3v) is 2.59. The minimum absolute atomic E-state index is 0.0127. The molecule has 1 N–H and O–H groups in total. The van der Waals surface area contributed by atoms with Crippen LogP contribution in [0.2, 0.25) is 0 Å². The Balaban J connectivity index is 2.97. The van der Waals surface area contributed by atoms with Gasteiger partial charge in [-0.1, -0.05) is 6.07 Å². The number of hydrogen-bond donors (Lipinski definition) is 1. The van der Waals surface area contributed by atoms with Crippen LogP contribution in [0, 0.1) is 33.8 Å². The zero-order valence-electron chi connectivity index (χ0n) is 11.1. The highest BCUT2D eigenvalue weighted by molar-refractivity contribution is 5.98. The van der Waals surface area contributed by atoms with Gasteiger partial charge in [0.2, 0.25) is 0 Å². The van der Waals surface area contributed by atoms with Gasteiger partial charge >= 0.3 is 0 Å². The Morgan fingerprint density at radius 3 is 2.68 bits per heavy atom. The number of nitrogens with one attached hydrogen (secondary N) is 1. The average Bonchev–Trinajstić information content (AvgIpc) is 2.35. The molecule has 0 bridgehead atoms. The van der Waals surface area contributed by atoms with E-state index >= 15 is 0 Å². The smallest absolute Gasteiger partial charge is 0.282 e. The molecule has 6 nitrogen and oxygen atoms in total. The topological polar surface area (TPSA) is 96.0 Å². The van der Waals surface area contributed by atoms with Gasteiger partial charge < -0.3 is 5.32 Å². The molecule has 0 aliphatic rings. The first-order valence-corrected chi connectivity index (χ1v) is 5.71. The zero-order valence-corrected chi connectivity index (χ0v) is 11.1. The molecule has 0 saturated carbocycles. The van der Waals surface area contributed by atoms with Crippen molar-refractivity contribution in [3.63, 3.8) is 0 Å². The summed E-state index contributed by atoms with van der Waals surface area (Å²) >= 11 is 0. The van der Waals surface area contributed by atoms with Gasteiger partial charge in [0, 0.05) is 12.6 Å². The normalized spacial score (nSPS) is 10.6. The van der Waals surface area contributed by atoms with Crippen molar-refractivity contribution >= 4 is 11.6 Å². The number of amides is 1. The van der Waals surface area contributed by atoms with Crippen LogP contribution in [-0.2, 0) is 0 Å². The van der Waals surface area contributed by atoms with Gasteiger partial charge in [0.1, 0.15) is 5.56 Å². The van der Waals surface area contributed by atoms with E-state index in [0.29, 0.717) is 0 Å². The first kappa shape index (κ1) is 14.6. The Hall–Kier alpha value is -2.42. The van der Waals surface area contributed by atoms with Crippen LogP contribution in [0.15, 0.2) is 18.2 Å². The van der Waals surface area contributed by atoms with Gasteiger partial charge in [-0.05, 0) is 32.4 Å². The van der Waals surface area contributed by atoms with E-state index in [2.05, 4.69) is 5.32 Å². The standard InChI is InChI=1S/C13H15N3O3/c1-9-4-5-11(16(18)19)10(6-9)12(17)15-8-13(2,3)7-14/h4-6H,8H2,1-3H3,(H,15,17).